The number of hydrogen-bond donors (Lipinski definition) is 2. The van der Waals surface area contributed by atoms with Gasteiger partial charge in [0.1, 0.15) is 29.1 Å². The number of aliphatic hydroxyl groups is 1. The highest BCUT2D eigenvalue weighted by Crippen LogP contribution is 2.44. The third-order valence-electron chi connectivity index (χ3n) is 5.57. The standard InChI is InChI=1S/C24H16F5IN2O3/c1-24(35)21-19(30)4-12(22(33)31-9-16-17(28)7-15(27)8-18(16)29)5-20(21)32(23(24)34)10-11-2-13(25)6-14(26)3-11/h2-8,35H,9-10H2,1H3,(H,31,33). The number of anilines is 1. The Bertz CT molecular complexity index is 1340. The molecule has 0 spiro atoms. The average Bonchev–Trinajstić information content (AvgIpc) is 2.92. The fourth-order valence-electron chi connectivity index (χ4n) is 3.95. The lowest BCUT2D eigenvalue weighted by Gasteiger charge is -2.20. The lowest BCUT2D eigenvalue weighted by atomic mass is 9.96. The van der Waals surface area contributed by atoms with E-state index in [1.54, 1.807) is 0 Å². The molecular formula is C24H16F5IN2O3. The Labute approximate surface area is 209 Å². The highest BCUT2D eigenvalue weighted by Gasteiger charge is 2.48. The molecule has 1 heterocycles. The molecule has 5 nitrogen and oxygen atoms in total. The Morgan fingerprint density at radius 1 is 0.971 bits per heavy atom. The lowest BCUT2D eigenvalue weighted by Crippen LogP contribution is -2.37. The van der Waals surface area contributed by atoms with Crippen molar-refractivity contribution in [2.45, 2.75) is 25.6 Å². The molecule has 3 aromatic carbocycles. The topological polar surface area (TPSA) is 69.6 Å². The van der Waals surface area contributed by atoms with E-state index in [9.17, 15) is 36.6 Å². The van der Waals surface area contributed by atoms with Gasteiger partial charge in [-0.3, -0.25) is 9.59 Å². The fourth-order valence-corrected chi connectivity index (χ4v) is 5.09. The molecule has 0 saturated heterocycles. The lowest BCUT2D eigenvalue weighted by molar-refractivity contribution is -0.134. The molecule has 0 saturated carbocycles. The van der Waals surface area contributed by atoms with Crippen molar-refractivity contribution in [3.8, 4) is 0 Å². The molecule has 35 heavy (non-hydrogen) atoms. The van der Waals surface area contributed by atoms with Gasteiger partial charge >= 0.3 is 0 Å². The molecule has 0 aliphatic carbocycles. The molecule has 4 rings (SSSR count). The minimum atomic E-state index is -1.97. The van der Waals surface area contributed by atoms with Gasteiger partial charge in [-0.2, -0.15) is 0 Å². The van der Waals surface area contributed by atoms with Gasteiger partial charge in [-0.05, 0) is 59.3 Å². The Hall–Kier alpha value is -3.06. The van der Waals surface area contributed by atoms with E-state index < -0.39 is 58.6 Å². The smallest absolute Gasteiger partial charge is 0.263 e. The highest BCUT2D eigenvalue weighted by molar-refractivity contribution is 14.1. The number of rotatable bonds is 5. The molecule has 2 N–H and O–H groups in total. The molecule has 0 bridgehead atoms. The van der Waals surface area contributed by atoms with Gasteiger partial charge in [0.2, 0.25) is 0 Å². The van der Waals surface area contributed by atoms with Crippen molar-refractivity contribution in [2.24, 2.45) is 0 Å². The second kappa shape index (κ2) is 9.19. The van der Waals surface area contributed by atoms with Gasteiger partial charge in [-0.25, -0.2) is 22.0 Å². The van der Waals surface area contributed by atoms with Crippen LogP contribution in [0.4, 0.5) is 27.6 Å². The van der Waals surface area contributed by atoms with Gasteiger partial charge in [0, 0.05) is 45.0 Å². The predicted octanol–water partition coefficient (Wildman–Crippen LogP) is 4.67. The van der Waals surface area contributed by atoms with Crippen molar-refractivity contribution in [1.29, 1.82) is 0 Å². The van der Waals surface area contributed by atoms with Crippen LogP contribution in [0.25, 0.3) is 0 Å². The van der Waals surface area contributed by atoms with E-state index in [1.807, 2.05) is 22.6 Å². The summed E-state index contributed by atoms with van der Waals surface area (Å²) in [6.07, 6.45) is 0. The molecule has 3 aromatic rings. The van der Waals surface area contributed by atoms with E-state index in [0.717, 1.165) is 17.0 Å². The Morgan fingerprint density at radius 3 is 2.14 bits per heavy atom. The summed E-state index contributed by atoms with van der Waals surface area (Å²) in [6, 6.07) is 6.40. The number of benzene rings is 3. The molecule has 1 unspecified atom stereocenters. The van der Waals surface area contributed by atoms with Crippen molar-refractivity contribution < 1.29 is 36.6 Å². The summed E-state index contributed by atoms with van der Waals surface area (Å²) in [5.74, 6) is -6.64. The van der Waals surface area contributed by atoms with E-state index in [4.69, 9.17) is 0 Å². The minimum absolute atomic E-state index is 0.00278. The molecular weight excluding hydrogens is 586 g/mol. The van der Waals surface area contributed by atoms with Crippen molar-refractivity contribution in [3.63, 3.8) is 0 Å². The van der Waals surface area contributed by atoms with Crippen LogP contribution in [0.3, 0.4) is 0 Å². The van der Waals surface area contributed by atoms with Crippen LogP contribution in [-0.2, 0) is 23.5 Å². The Morgan fingerprint density at radius 2 is 1.54 bits per heavy atom. The third-order valence-corrected chi connectivity index (χ3v) is 6.42. The predicted molar refractivity (Wildman–Crippen MR) is 124 cm³/mol. The first-order chi connectivity index (χ1) is 16.4. The van der Waals surface area contributed by atoms with E-state index in [2.05, 4.69) is 5.32 Å². The number of nitrogens with one attached hydrogen (secondary N) is 1. The van der Waals surface area contributed by atoms with E-state index >= 15 is 0 Å². The summed E-state index contributed by atoms with van der Waals surface area (Å²) in [4.78, 5) is 26.8. The van der Waals surface area contributed by atoms with Crippen molar-refractivity contribution in [3.05, 3.63) is 97.4 Å². The molecule has 0 aromatic heterocycles. The maximum atomic E-state index is 13.9. The first-order valence-corrected chi connectivity index (χ1v) is 11.2. The summed E-state index contributed by atoms with van der Waals surface area (Å²) in [7, 11) is 0. The van der Waals surface area contributed by atoms with Crippen molar-refractivity contribution in [2.75, 3.05) is 4.90 Å². The third kappa shape index (κ3) is 4.74. The zero-order valence-electron chi connectivity index (χ0n) is 17.9. The molecule has 0 fully saturated rings. The van der Waals surface area contributed by atoms with Gasteiger partial charge in [0.05, 0.1) is 12.2 Å². The molecule has 1 aliphatic rings. The Kier molecular flexibility index (Phi) is 6.58. The van der Waals surface area contributed by atoms with Crippen LogP contribution in [0, 0.1) is 32.7 Å². The average molecular weight is 602 g/mol. The van der Waals surface area contributed by atoms with Crippen LogP contribution >= 0.6 is 22.6 Å². The maximum absolute atomic E-state index is 13.9. The Balaban J connectivity index is 1.66. The second-order valence-electron chi connectivity index (χ2n) is 8.12. The largest absolute Gasteiger partial charge is 0.375 e. The minimum Gasteiger partial charge on any atom is -0.375 e. The van der Waals surface area contributed by atoms with Crippen LogP contribution in [0.15, 0.2) is 42.5 Å². The summed E-state index contributed by atoms with van der Waals surface area (Å²) < 4.78 is 68.6. The molecule has 182 valence electrons. The van der Waals surface area contributed by atoms with E-state index in [-0.39, 0.29) is 28.9 Å². The molecule has 1 aliphatic heterocycles. The van der Waals surface area contributed by atoms with Gasteiger partial charge in [-0.1, -0.05) is 0 Å². The maximum Gasteiger partial charge on any atom is 0.263 e. The van der Waals surface area contributed by atoms with Crippen LogP contribution in [0.1, 0.15) is 34.0 Å². The quantitative estimate of drug-likeness (QED) is 0.330. The zero-order chi connectivity index (χ0) is 25.7. The van der Waals surface area contributed by atoms with Gasteiger partial charge in [-0.15, -0.1) is 0 Å². The molecule has 2 amide bonds. The van der Waals surface area contributed by atoms with Gasteiger partial charge < -0.3 is 15.3 Å². The van der Waals surface area contributed by atoms with Crippen LogP contribution in [0.2, 0.25) is 0 Å². The summed E-state index contributed by atoms with van der Waals surface area (Å²) in [6.45, 7) is 0.402. The SMILES string of the molecule is CC1(O)C(=O)N(Cc2cc(F)cc(F)c2)c2cc(C(=O)NCc3c(F)cc(F)cc3F)cc(I)c21. The molecule has 11 heteroatoms. The fraction of sp³-hybridized carbons (Fsp3) is 0.167. The first kappa shape index (κ1) is 25.0. The van der Waals surface area contributed by atoms with E-state index in [1.165, 1.54) is 19.1 Å². The summed E-state index contributed by atoms with van der Waals surface area (Å²) in [5, 5.41) is 13.2. The van der Waals surface area contributed by atoms with Crippen LogP contribution in [-0.4, -0.2) is 16.9 Å². The molecule has 0 radical (unpaired) electrons. The summed E-state index contributed by atoms with van der Waals surface area (Å²) >= 11 is 1.83. The monoisotopic (exact) mass is 602 g/mol. The number of hydrogen-bond acceptors (Lipinski definition) is 3. The number of fused-ring (bicyclic) bond motifs is 1. The first-order valence-electron chi connectivity index (χ1n) is 10.1. The van der Waals surface area contributed by atoms with E-state index in [0.29, 0.717) is 21.8 Å². The van der Waals surface area contributed by atoms with Crippen molar-refractivity contribution in [1.82, 2.24) is 5.32 Å². The second-order valence-corrected chi connectivity index (χ2v) is 9.29. The number of nitrogens with zero attached hydrogens (tertiary/aromatic N) is 1. The van der Waals surface area contributed by atoms with Crippen molar-refractivity contribution >= 4 is 40.1 Å². The van der Waals surface area contributed by atoms with Crippen LogP contribution in [0.5, 0.6) is 0 Å². The summed E-state index contributed by atoms with van der Waals surface area (Å²) in [5.41, 5.74) is -2.05. The highest BCUT2D eigenvalue weighted by atomic mass is 127. The number of halogens is 6. The number of carbonyl (C=O) groups is 2. The number of carbonyl (C=O) groups excluding carboxylic acids is 2. The van der Waals surface area contributed by atoms with Crippen LogP contribution < -0.4 is 10.2 Å². The normalized spacial score (nSPS) is 17.0. The zero-order valence-corrected chi connectivity index (χ0v) is 20.1. The number of amides is 2. The van der Waals surface area contributed by atoms with Gasteiger partial charge in [0.15, 0.2) is 5.60 Å². The van der Waals surface area contributed by atoms with Gasteiger partial charge in [0.25, 0.3) is 11.8 Å². The molecule has 1 atom stereocenters.